The van der Waals surface area contributed by atoms with Crippen molar-refractivity contribution in [2.24, 2.45) is 16.9 Å². The summed E-state index contributed by atoms with van der Waals surface area (Å²) in [6, 6.07) is 0. The molecule has 0 saturated carbocycles. The normalized spacial score (nSPS) is 23.3. The van der Waals surface area contributed by atoms with Gasteiger partial charge in [0, 0.05) is 7.05 Å². The highest BCUT2D eigenvalue weighted by atomic mass is 16.7. The number of hydrogen-bond donors (Lipinski definition) is 2. The molecule has 0 aromatic heterocycles. The lowest BCUT2D eigenvalue weighted by molar-refractivity contribution is 0.0856. The molecule has 0 aliphatic carbocycles. The second kappa shape index (κ2) is 6.30. The topological polar surface area (TPSA) is 62.9 Å². The van der Waals surface area contributed by atoms with Gasteiger partial charge in [0.2, 0.25) is 0 Å². The summed E-state index contributed by atoms with van der Waals surface area (Å²) in [5.41, 5.74) is 4.85. The minimum atomic E-state index is 0.402. The molecule has 96 valence electrons. The third-order valence-corrected chi connectivity index (χ3v) is 2.98. The second-order valence-electron chi connectivity index (χ2n) is 4.34. The Kier molecular flexibility index (Phi) is 5.03. The van der Waals surface area contributed by atoms with Crippen LogP contribution in [-0.2, 0) is 4.84 Å². The molecule has 1 aliphatic heterocycles. The van der Waals surface area contributed by atoms with Gasteiger partial charge in [-0.15, -0.1) is 5.10 Å². The number of hydrazine groups is 1. The highest BCUT2D eigenvalue weighted by molar-refractivity contribution is 5.93. The summed E-state index contributed by atoms with van der Waals surface area (Å²) in [4.78, 5) is 5.07. The molecular formula is C12H22N4O. The predicted molar refractivity (Wildman–Crippen MR) is 69.5 cm³/mol. The molecule has 1 heterocycles. The van der Waals surface area contributed by atoms with Crippen molar-refractivity contribution in [2.45, 2.75) is 33.6 Å². The van der Waals surface area contributed by atoms with Crippen LogP contribution in [0.3, 0.4) is 0 Å². The molecule has 0 bridgehead atoms. The van der Waals surface area contributed by atoms with Gasteiger partial charge in [0.1, 0.15) is 5.70 Å². The minimum Gasteiger partial charge on any atom is -0.365 e. The van der Waals surface area contributed by atoms with Crippen molar-refractivity contribution in [1.82, 2.24) is 10.6 Å². The van der Waals surface area contributed by atoms with E-state index in [9.17, 15) is 0 Å². The van der Waals surface area contributed by atoms with Crippen LogP contribution in [0.25, 0.3) is 0 Å². The van der Waals surface area contributed by atoms with Gasteiger partial charge < -0.3 is 10.7 Å². The molecular weight excluding hydrogens is 216 g/mol. The third kappa shape index (κ3) is 3.49. The predicted octanol–water partition coefficient (Wildman–Crippen LogP) is 1.91. The molecule has 5 nitrogen and oxygen atoms in total. The highest BCUT2D eigenvalue weighted by Crippen LogP contribution is 2.17. The smallest absolute Gasteiger partial charge is 0.281 e. The van der Waals surface area contributed by atoms with Crippen LogP contribution >= 0.6 is 0 Å². The van der Waals surface area contributed by atoms with Gasteiger partial charge >= 0.3 is 0 Å². The second-order valence-corrected chi connectivity index (χ2v) is 4.34. The molecule has 0 aromatic rings. The van der Waals surface area contributed by atoms with Crippen LogP contribution in [0.4, 0.5) is 0 Å². The Morgan fingerprint density at radius 1 is 1.65 bits per heavy atom. The summed E-state index contributed by atoms with van der Waals surface area (Å²) in [6.45, 7) is 6.57. The maximum Gasteiger partial charge on any atom is 0.281 e. The number of nitrogens with zero attached hydrogens (tertiary/aromatic N) is 2. The molecule has 17 heavy (non-hydrogen) atoms. The lowest BCUT2D eigenvalue weighted by Crippen LogP contribution is -2.23. The maximum atomic E-state index is 5.24. The average Bonchev–Trinajstić information content (AvgIpc) is 2.67. The molecule has 0 amide bonds. The summed E-state index contributed by atoms with van der Waals surface area (Å²) < 4.78 is 0. The van der Waals surface area contributed by atoms with Crippen LogP contribution < -0.4 is 11.4 Å². The first-order valence-corrected chi connectivity index (χ1v) is 5.93. The van der Waals surface area contributed by atoms with Gasteiger partial charge in [-0.25, -0.2) is 0 Å². The molecule has 3 N–H and O–H groups in total. The van der Waals surface area contributed by atoms with E-state index in [0.717, 1.165) is 5.70 Å². The van der Waals surface area contributed by atoms with E-state index in [4.69, 9.17) is 10.7 Å². The third-order valence-electron chi connectivity index (χ3n) is 2.98. The molecule has 0 unspecified atom stereocenters. The van der Waals surface area contributed by atoms with E-state index in [2.05, 4.69) is 37.5 Å². The van der Waals surface area contributed by atoms with Gasteiger partial charge in [-0.05, 0) is 25.3 Å². The van der Waals surface area contributed by atoms with Gasteiger partial charge in [0.15, 0.2) is 0 Å². The van der Waals surface area contributed by atoms with E-state index in [1.54, 1.807) is 5.01 Å². The first-order valence-electron chi connectivity index (χ1n) is 5.93. The number of hydrogen-bond acceptors (Lipinski definition) is 5. The fourth-order valence-corrected chi connectivity index (χ4v) is 1.67. The SMILES string of the molecule is CCC[C@H](C)/C(C)=C/C=C1\C(=N/N)ONN1C. The van der Waals surface area contributed by atoms with E-state index < -0.39 is 0 Å². The van der Waals surface area contributed by atoms with Crippen LogP contribution in [-0.4, -0.2) is 18.0 Å². The standard InChI is InChI=1S/C12H22N4O/c1-5-6-9(2)10(3)7-8-11-12(14-13)17-15-16(11)4/h7-9,15H,5-6,13H2,1-4H3/b10-7+,11-8+,14-12+/t9-/m0/s1. The van der Waals surface area contributed by atoms with Crippen LogP contribution in [0.15, 0.2) is 28.5 Å². The first kappa shape index (κ1) is 13.6. The maximum absolute atomic E-state index is 5.24. The van der Waals surface area contributed by atoms with Crippen LogP contribution in [0, 0.1) is 5.92 Å². The molecule has 0 spiro atoms. The molecule has 1 rings (SSSR count). The summed E-state index contributed by atoms with van der Waals surface area (Å²) in [6.07, 6.45) is 6.46. The van der Waals surface area contributed by atoms with E-state index in [0.29, 0.717) is 11.8 Å². The Hall–Kier alpha value is -1.49. The Balaban J connectivity index is 2.78. The zero-order valence-corrected chi connectivity index (χ0v) is 11.0. The van der Waals surface area contributed by atoms with Crippen LogP contribution in [0.2, 0.25) is 0 Å². The number of nitrogens with two attached hydrogens (primary N) is 1. The molecule has 1 atom stereocenters. The van der Waals surface area contributed by atoms with Crippen LogP contribution in [0.5, 0.6) is 0 Å². The van der Waals surface area contributed by atoms with E-state index >= 15 is 0 Å². The summed E-state index contributed by atoms with van der Waals surface area (Å²) in [5.74, 6) is 6.23. The Labute approximate surface area is 103 Å². The zero-order valence-electron chi connectivity index (χ0n) is 11.0. The minimum absolute atomic E-state index is 0.402. The summed E-state index contributed by atoms with van der Waals surface area (Å²) >= 11 is 0. The van der Waals surface area contributed by atoms with Crippen molar-refractivity contribution in [2.75, 3.05) is 7.05 Å². The Morgan fingerprint density at radius 2 is 2.35 bits per heavy atom. The molecule has 1 saturated heterocycles. The Morgan fingerprint density at radius 3 is 2.94 bits per heavy atom. The monoisotopic (exact) mass is 238 g/mol. The van der Waals surface area contributed by atoms with Crippen molar-refractivity contribution >= 4 is 5.90 Å². The van der Waals surface area contributed by atoms with Gasteiger partial charge in [-0.1, -0.05) is 37.5 Å². The van der Waals surface area contributed by atoms with E-state index in [1.165, 1.54) is 18.4 Å². The van der Waals surface area contributed by atoms with Crippen LogP contribution in [0.1, 0.15) is 33.6 Å². The number of rotatable bonds is 4. The number of allylic oxidation sites excluding steroid dienone is 3. The first-order chi connectivity index (χ1) is 8.10. The summed E-state index contributed by atoms with van der Waals surface area (Å²) in [7, 11) is 1.85. The van der Waals surface area contributed by atoms with Crippen molar-refractivity contribution in [3.63, 3.8) is 0 Å². The van der Waals surface area contributed by atoms with Crippen molar-refractivity contribution in [1.29, 1.82) is 0 Å². The fourth-order valence-electron chi connectivity index (χ4n) is 1.67. The number of likely N-dealkylation sites (N-methyl/N-ethyl adjacent to an activating group) is 1. The molecule has 1 aliphatic rings. The molecule has 0 aromatic carbocycles. The number of hydrazone groups is 1. The van der Waals surface area contributed by atoms with Gasteiger partial charge in [-0.3, -0.25) is 5.01 Å². The quantitative estimate of drug-likeness (QED) is 0.580. The van der Waals surface area contributed by atoms with Crippen molar-refractivity contribution < 1.29 is 4.84 Å². The largest absolute Gasteiger partial charge is 0.365 e. The number of nitrogens with one attached hydrogen (secondary N) is 1. The van der Waals surface area contributed by atoms with Gasteiger partial charge in [-0.2, -0.15) is 0 Å². The molecule has 1 fully saturated rings. The van der Waals surface area contributed by atoms with E-state index in [1.807, 2.05) is 13.1 Å². The average molecular weight is 238 g/mol. The summed E-state index contributed by atoms with van der Waals surface area (Å²) in [5, 5.41) is 5.31. The lowest BCUT2D eigenvalue weighted by Gasteiger charge is -2.10. The van der Waals surface area contributed by atoms with Gasteiger partial charge in [0.25, 0.3) is 5.90 Å². The van der Waals surface area contributed by atoms with Crippen molar-refractivity contribution in [3.05, 3.63) is 23.4 Å². The van der Waals surface area contributed by atoms with E-state index in [-0.39, 0.29) is 0 Å². The lowest BCUT2D eigenvalue weighted by atomic mass is 9.97. The Bertz CT molecular complexity index is 346. The highest BCUT2D eigenvalue weighted by Gasteiger charge is 2.21. The molecule has 0 radical (unpaired) electrons. The van der Waals surface area contributed by atoms with Gasteiger partial charge in [0.05, 0.1) is 0 Å². The fraction of sp³-hybridized carbons (Fsp3) is 0.583. The van der Waals surface area contributed by atoms with Crippen molar-refractivity contribution in [3.8, 4) is 0 Å². The molecule has 5 heteroatoms. The zero-order chi connectivity index (χ0) is 12.8.